The number of piperidine rings is 1. The Bertz CT molecular complexity index is 821. The molecule has 1 aliphatic rings. The molecule has 2 amide bonds. The molecule has 0 radical (unpaired) electrons. The van der Waals surface area contributed by atoms with Crippen molar-refractivity contribution in [2.75, 3.05) is 18.4 Å². The lowest BCUT2D eigenvalue weighted by molar-refractivity contribution is -0.141. The SMILES string of the molecule is CC1CCN(C(=O)[C@@H](C)OC(=O)c2ccc(NC(=O)c3ccco3)cc2)CC1. The predicted molar refractivity (Wildman–Crippen MR) is 103 cm³/mol. The lowest BCUT2D eigenvalue weighted by atomic mass is 9.99. The van der Waals surface area contributed by atoms with Crippen LogP contribution >= 0.6 is 0 Å². The van der Waals surface area contributed by atoms with Crippen LogP contribution in [0, 0.1) is 5.92 Å². The van der Waals surface area contributed by atoms with Crippen molar-refractivity contribution in [1.82, 2.24) is 4.90 Å². The second kappa shape index (κ2) is 8.73. The summed E-state index contributed by atoms with van der Waals surface area (Å²) in [6.45, 7) is 5.17. The van der Waals surface area contributed by atoms with Crippen molar-refractivity contribution in [1.29, 1.82) is 0 Å². The van der Waals surface area contributed by atoms with Gasteiger partial charge in [-0.3, -0.25) is 9.59 Å². The fourth-order valence-corrected chi connectivity index (χ4v) is 3.06. The van der Waals surface area contributed by atoms with Crippen LogP contribution in [-0.4, -0.2) is 41.9 Å². The Morgan fingerprint density at radius 2 is 1.82 bits per heavy atom. The Labute approximate surface area is 163 Å². The molecule has 0 spiro atoms. The van der Waals surface area contributed by atoms with Gasteiger partial charge >= 0.3 is 5.97 Å². The minimum Gasteiger partial charge on any atom is -0.459 e. The van der Waals surface area contributed by atoms with E-state index in [-0.39, 0.29) is 17.6 Å². The summed E-state index contributed by atoms with van der Waals surface area (Å²) in [5.41, 5.74) is 0.826. The summed E-state index contributed by atoms with van der Waals surface area (Å²) in [5.74, 6) is -0.301. The molecule has 1 saturated heterocycles. The number of ether oxygens (including phenoxy) is 1. The number of anilines is 1. The molecule has 2 aromatic rings. The third-order valence-corrected chi connectivity index (χ3v) is 4.85. The molecule has 1 aromatic carbocycles. The van der Waals surface area contributed by atoms with E-state index in [0.29, 0.717) is 30.3 Å². The van der Waals surface area contributed by atoms with Crippen LogP contribution in [0.4, 0.5) is 5.69 Å². The summed E-state index contributed by atoms with van der Waals surface area (Å²) in [6.07, 6.45) is 2.52. The zero-order chi connectivity index (χ0) is 20.1. The van der Waals surface area contributed by atoms with Crippen LogP contribution in [0.2, 0.25) is 0 Å². The van der Waals surface area contributed by atoms with Crippen molar-refractivity contribution < 1.29 is 23.5 Å². The molecule has 1 aromatic heterocycles. The minimum atomic E-state index is -0.834. The number of rotatable bonds is 5. The van der Waals surface area contributed by atoms with Crippen LogP contribution in [0.3, 0.4) is 0 Å². The number of hydrogen-bond donors (Lipinski definition) is 1. The maximum atomic E-state index is 12.5. The molecule has 3 rings (SSSR count). The molecule has 1 N–H and O–H groups in total. The normalized spacial score (nSPS) is 15.7. The molecule has 0 aliphatic carbocycles. The quantitative estimate of drug-likeness (QED) is 0.799. The summed E-state index contributed by atoms with van der Waals surface area (Å²) in [7, 11) is 0. The lowest BCUT2D eigenvalue weighted by Crippen LogP contribution is -2.44. The first kappa shape index (κ1) is 19.7. The number of hydrogen-bond acceptors (Lipinski definition) is 5. The van der Waals surface area contributed by atoms with Gasteiger partial charge in [-0.25, -0.2) is 4.79 Å². The fraction of sp³-hybridized carbons (Fsp3) is 0.381. The highest BCUT2D eigenvalue weighted by Crippen LogP contribution is 2.18. The number of carbonyl (C=O) groups excluding carboxylic acids is 3. The third-order valence-electron chi connectivity index (χ3n) is 4.85. The van der Waals surface area contributed by atoms with Crippen molar-refractivity contribution in [2.45, 2.75) is 32.8 Å². The van der Waals surface area contributed by atoms with E-state index in [1.54, 1.807) is 48.2 Å². The Hall–Kier alpha value is -3.09. The highest BCUT2D eigenvalue weighted by molar-refractivity contribution is 6.02. The summed E-state index contributed by atoms with van der Waals surface area (Å²) in [5, 5.41) is 2.67. The van der Waals surface area contributed by atoms with Crippen LogP contribution in [0.1, 0.15) is 47.6 Å². The zero-order valence-corrected chi connectivity index (χ0v) is 16.0. The van der Waals surface area contributed by atoms with Gasteiger partial charge in [-0.05, 0) is 62.1 Å². The van der Waals surface area contributed by atoms with Crippen LogP contribution in [0.5, 0.6) is 0 Å². The number of amides is 2. The molecule has 0 bridgehead atoms. The first-order chi connectivity index (χ1) is 13.4. The molecular weight excluding hydrogens is 360 g/mol. The van der Waals surface area contributed by atoms with Gasteiger partial charge in [0.15, 0.2) is 11.9 Å². The van der Waals surface area contributed by atoms with Crippen molar-refractivity contribution in [3.63, 3.8) is 0 Å². The van der Waals surface area contributed by atoms with Crippen molar-refractivity contribution in [3.05, 3.63) is 54.0 Å². The number of nitrogens with zero attached hydrogens (tertiary/aromatic N) is 1. The van der Waals surface area contributed by atoms with Gasteiger partial charge in [-0.2, -0.15) is 0 Å². The summed E-state index contributed by atoms with van der Waals surface area (Å²) >= 11 is 0. The van der Waals surface area contributed by atoms with Gasteiger partial charge in [0.25, 0.3) is 11.8 Å². The van der Waals surface area contributed by atoms with Crippen LogP contribution in [-0.2, 0) is 9.53 Å². The second-order valence-corrected chi connectivity index (χ2v) is 7.06. The Morgan fingerprint density at radius 1 is 1.14 bits per heavy atom. The maximum absolute atomic E-state index is 12.5. The van der Waals surface area contributed by atoms with Gasteiger partial charge in [0.2, 0.25) is 0 Å². The third kappa shape index (κ3) is 4.79. The Balaban J connectivity index is 1.54. The minimum absolute atomic E-state index is 0.164. The second-order valence-electron chi connectivity index (χ2n) is 7.06. The van der Waals surface area contributed by atoms with E-state index in [9.17, 15) is 14.4 Å². The van der Waals surface area contributed by atoms with E-state index < -0.39 is 12.1 Å². The van der Waals surface area contributed by atoms with Crippen LogP contribution < -0.4 is 5.32 Å². The monoisotopic (exact) mass is 384 g/mol. The van der Waals surface area contributed by atoms with Gasteiger partial charge < -0.3 is 19.4 Å². The van der Waals surface area contributed by atoms with E-state index >= 15 is 0 Å². The van der Waals surface area contributed by atoms with E-state index in [2.05, 4.69) is 12.2 Å². The van der Waals surface area contributed by atoms with Crippen molar-refractivity contribution >= 4 is 23.5 Å². The van der Waals surface area contributed by atoms with Gasteiger partial charge in [0.05, 0.1) is 11.8 Å². The largest absolute Gasteiger partial charge is 0.459 e. The number of furan rings is 1. The number of esters is 1. The number of carbonyl (C=O) groups is 3. The molecule has 28 heavy (non-hydrogen) atoms. The van der Waals surface area contributed by atoms with Crippen LogP contribution in [0.15, 0.2) is 47.1 Å². The standard InChI is InChI=1S/C21H24N2O5/c1-14-9-11-23(12-10-14)20(25)15(2)28-21(26)16-5-7-17(8-6-16)22-19(24)18-4-3-13-27-18/h3-8,13-15H,9-12H2,1-2H3,(H,22,24)/t15-/m1/s1. The molecule has 7 heteroatoms. The van der Waals surface area contributed by atoms with Gasteiger partial charge in [-0.1, -0.05) is 6.92 Å². The number of nitrogens with one attached hydrogen (secondary N) is 1. The van der Waals surface area contributed by atoms with Gasteiger partial charge in [0, 0.05) is 18.8 Å². The molecular formula is C21H24N2O5. The van der Waals surface area contributed by atoms with Crippen LogP contribution in [0.25, 0.3) is 0 Å². The van der Waals surface area contributed by atoms with Crippen molar-refractivity contribution in [3.8, 4) is 0 Å². The maximum Gasteiger partial charge on any atom is 0.338 e. The Morgan fingerprint density at radius 3 is 2.43 bits per heavy atom. The van der Waals surface area contributed by atoms with E-state index in [4.69, 9.17) is 9.15 Å². The zero-order valence-electron chi connectivity index (χ0n) is 16.0. The number of benzene rings is 1. The topological polar surface area (TPSA) is 88.9 Å². The first-order valence-corrected chi connectivity index (χ1v) is 9.38. The lowest BCUT2D eigenvalue weighted by Gasteiger charge is -2.31. The smallest absolute Gasteiger partial charge is 0.338 e. The molecule has 7 nitrogen and oxygen atoms in total. The summed E-state index contributed by atoms with van der Waals surface area (Å²) in [4.78, 5) is 38.5. The first-order valence-electron chi connectivity index (χ1n) is 9.38. The molecule has 0 saturated carbocycles. The highest BCUT2D eigenvalue weighted by atomic mass is 16.5. The van der Waals surface area contributed by atoms with Gasteiger partial charge in [0.1, 0.15) is 0 Å². The van der Waals surface area contributed by atoms with Gasteiger partial charge in [-0.15, -0.1) is 0 Å². The molecule has 2 heterocycles. The van der Waals surface area contributed by atoms with E-state index in [0.717, 1.165) is 12.8 Å². The van der Waals surface area contributed by atoms with E-state index in [1.165, 1.54) is 6.26 Å². The molecule has 1 aliphatic heterocycles. The average Bonchev–Trinajstić information content (AvgIpc) is 3.23. The summed E-state index contributed by atoms with van der Waals surface area (Å²) < 4.78 is 10.4. The molecule has 0 unspecified atom stereocenters. The number of likely N-dealkylation sites (tertiary alicyclic amines) is 1. The molecule has 1 atom stereocenters. The summed E-state index contributed by atoms with van der Waals surface area (Å²) in [6, 6.07) is 9.45. The predicted octanol–water partition coefficient (Wildman–Crippen LogP) is 3.34. The van der Waals surface area contributed by atoms with Crippen molar-refractivity contribution in [2.24, 2.45) is 5.92 Å². The highest BCUT2D eigenvalue weighted by Gasteiger charge is 2.27. The average molecular weight is 384 g/mol. The van der Waals surface area contributed by atoms with E-state index in [1.807, 2.05) is 0 Å². The molecule has 148 valence electrons. The fourth-order valence-electron chi connectivity index (χ4n) is 3.06. The Kier molecular flexibility index (Phi) is 6.13. The molecule has 1 fully saturated rings.